The van der Waals surface area contributed by atoms with Gasteiger partial charge < -0.3 is 0 Å². The van der Waals surface area contributed by atoms with Crippen LogP contribution in [0.2, 0.25) is 0 Å². The second-order valence-electron chi connectivity index (χ2n) is 2.29. The van der Waals surface area contributed by atoms with Crippen LogP contribution in [-0.2, 0) is 0 Å². The summed E-state index contributed by atoms with van der Waals surface area (Å²) in [5.74, 6) is 9.78. The Kier molecular flexibility index (Phi) is 17.5. The molecule has 20 nitrogen and oxygen atoms in total. The van der Waals surface area contributed by atoms with Crippen LogP contribution in [0, 0.1) is 0 Å². The average Bonchev–Trinajstić information content (AvgIpc) is 2.47. The standard InChI is InChI=1S/H22N20/c1-3-5-7-9-11-13-15-17-19-20-18-16-14-12-10-8-6-4-2/h3-20H,1-2H2. The molecule has 0 rings (SSSR count). The summed E-state index contributed by atoms with van der Waals surface area (Å²) in [6, 6.07) is 0. The molecule has 0 radical (unpaired) electrons. The molecule has 0 aromatic rings. The maximum atomic E-state index is 4.89. The van der Waals surface area contributed by atoms with Gasteiger partial charge in [0.05, 0.1) is 0 Å². The van der Waals surface area contributed by atoms with Crippen LogP contribution in [-0.4, -0.2) is 0 Å². The Morgan fingerprint density at radius 1 is 0.250 bits per heavy atom. The minimum absolute atomic E-state index is 2.12. The fourth-order valence-electron chi connectivity index (χ4n) is 0.510. The highest BCUT2D eigenvalue weighted by Crippen LogP contribution is 1.28. The van der Waals surface area contributed by atoms with Crippen LogP contribution in [0.15, 0.2) is 0 Å². The molecule has 0 aliphatic heterocycles. The van der Waals surface area contributed by atoms with Crippen molar-refractivity contribution in [2.24, 2.45) is 11.7 Å². The van der Waals surface area contributed by atoms with E-state index in [2.05, 4.69) is 99.6 Å². The molecule has 22 N–H and O–H groups in total. The first-order valence-corrected chi connectivity index (χ1v) is 4.83. The molecule has 0 heterocycles. The lowest BCUT2D eigenvalue weighted by Gasteiger charge is -2.14. The predicted octanol–water partition coefficient (Wildman–Crippen LogP) is -10.1. The minimum Gasteiger partial charge on any atom is -0.257 e. The van der Waals surface area contributed by atoms with E-state index >= 15 is 0 Å². The van der Waals surface area contributed by atoms with Gasteiger partial charge in [-0.2, -0.15) is 99.6 Å². The van der Waals surface area contributed by atoms with E-state index in [1.165, 1.54) is 0 Å². The predicted molar refractivity (Wildman–Crippen MR) is 64.8 cm³/mol. The van der Waals surface area contributed by atoms with Crippen LogP contribution in [0.4, 0.5) is 0 Å². The highest BCUT2D eigenvalue weighted by Gasteiger charge is 1.83. The number of hydrogen-bond donors (Lipinski definition) is 20. The Balaban J connectivity index is 2.89. The van der Waals surface area contributed by atoms with Gasteiger partial charge in [-0.1, -0.05) is 0 Å². The lowest BCUT2D eigenvalue weighted by atomic mass is 12.0. The van der Waals surface area contributed by atoms with Crippen LogP contribution in [0.25, 0.3) is 0 Å². The summed E-state index contributed by atoms with van der Waals surface area (Å²) in [7, 11) is 0. The second-order valence-corrected chi connectivity index (χ2v) is 2.29. The SMILES string of the molecule is NNNNNNNNNNNNNNNNNNNN. The summed E-state index contributed by atoms with van der Waals surface area (Å²) in [5.41, 5.74) is 43.2. The summed E-state index contributed by atoms with van der Waals surface area (Å²) < 4.78 is 0. The van der Waals surface area contributed by atoms with Crippen molar-refractivity contribution >= 4 is 0 Å². The van der Waals surface area contributed by atoms with E-state index in [1.807, 2.05) is 0 Å². The summed E-state index contributed by atoms with van der Waals surface area (Å²) in [4.78, 5) is 0. The van der Waals surface area contributed by atoms with Gasteiger partial charge in [-0.3, -0.25) is 11.7 Å². The van der Waals surface area contributed by atoms with Gasteiger partial charge in [0.15, 0.2) is 0 Å². The molecule has 0 bridgehead atoms. The molecule has 0 unspecified atom stereocenters. The number of rotatable bonds is 17. The zero-order valence-electron chi connectivity index (χ0n) is 10.2. The zero-order chi connectivity index (χ0) is 14.7. The molecule has 0 fully saturated rings. The Morgan fingerprint density at radius 3 is 0.550 bits per heavy atom. The molecule has 122 valence electrons. The lowest BCUT2D eigenvalue weighted by molar-refractivity contribution is 0.197. The third kappa shape index (κ3) is 17.2. The highest BCUT2D eigenvalue weighted by atomic mass is 16.0. The fraction of sp³-hybridized carbons (Fsp3) is 0. The van der Waals surface area contributed by atoms with Gasteiger partial charge in [0, 0.05) is 0 Å². The monoisotopic (exact) mass is 302 g/mol. The van der Waals surface area contributed by atoms with E-state index in [4.69, 9.17) is 11.7 Å². The van der Waals surface area contributed by atoms with Crippen LogP contribution in [0.1, 0.15) is 0 Å². The maximum absolute atomic E-state index is 4.89. The molecule has 0 aliphatic carbocycles. The molecule has 0 saturated heterocycles. The molecule has 0 aromatic carbocycles. The molecule has 20 heavy (non-hydrogen) atoms. The minimum atomic E-state index is 2.12. The topological polar surface area (TPSA) is 269 Å². The molecule has 0 amide bonds. The van der Waals surface area contributed by atoms with Crippen LogP contribution < -0.4 is 111 Å². The Bertz CT molecular complexity index is 132. The fourth-order valence-corrected chi connectivity index (χ4v) is 0.510. The first-order valence-electron chi connectivity index (χ1n) is 4.83. The number of nitrogens with two attached hydrogens (primary N) is 2. The van der Waals surface area contributed by atoms with Crippen LogP contribution in [0.5, 0.6) is 0 Å². The average molecular weight is 302 g/mol. The molecule has 0 aromatic heterocycles. The van der Waals surface area contributed by atoms with Crippen LogP contribution in [0.3, 0.4) is 0 Å². The third-order valence-electron chi connectivity index (χ3n) is 1.08. The molecule has 20 heteroatoms. The summed E-state index contributed by atoms with van der Waals surface area (Å²) in [6.07, 6.45) is 0. The molecule has 0 spiro atoms. The third-order valence-corrected chi connectivity index (χ3v) is 1.08. The normalized spacial score (nSPS) is 11.1. The van der Waals surface area contributed by atoms with Crippen LogP contribution >= 0.6 is 0 Å². The van der Waals surface area contributed by atoms with Gasteiger partial charge >= 0.3 is 0 Å². The second kappa shape index (κ2) is 18.2. The zero-order valence-corrected chi connectivity index (χ0v) is 10.2. The maximum Gasteiger partial charge on any atom is -0.164 e. The molecule has 0 saturated carbocycles. The molecule has 0 aliphatic rings. The van der Waals surface area contributed by atoms with Crippen molar-refractivity contribution in [2.75, 3.05) is 0 Å². The Morgan fingerprint density at radius 2 is 0.400 bits per heavy atom. The quantitative estimate of drug-likeness (QED) is 0.0674. The van der Waals surface area contributed by atoms with Gasteiger partial charge in [-0.15, -0.1) is 0 Å². The Labute approximate surface area is 112 Å². The van der Waals surface area contributed by atoms with Crippen molar-refractivity contribution in [3.63, 3.8) is 0 Å². The van der Waals surface area contributed by atoms with Crippen molar-refractivity contribution < 1.29 is 0 Å². The molecule has 0 atom stereocenters. The van der Waals surface area contributed by atoms with Crippen molar-refractivity contribution in [1.82, 2.24) is 99.6 Å². The van der Waals surface area contributed by atoms with Gasteiger partial charge in [-0.25, -0.2) is 0 Å². The van der Waals surface area contributed by atoms with E-state index in [9.17, 15) is 0 Å². The van der Waals surface area contributed by atoms with E-state index < -0.39 is 0 Å². The number of hydrazine groups is 19. The van der Waals surface area contributed by atoms with E-state index in [0.717, 1.165) is 0 Å². The summed E-state index contributed by atoms with van der Waals surface area (Å²) in [6.45, 7) is 0. The van der Waals surface area contributed by atoms with Crippen molar-refractivity contribution in [2.45, 2.75) is 0 Å². The van der Waals surface area contributed by atoms with Gasteiger partial charge in [-0.05, 0) is 0 Å². The molecular weight excluding hydrogens is 280 g/mol. The van der Waals surface area contributed by atoms with E-state index in [-0.39, 0.29) is 0 Å². The van der Waals surface area contributed by atoms with Crippen molar-refractivity contribution in [3.05, 3.63) is 0 Å². The number of nitrogens with one attached hydrogen (secondary N) is 18. The summed E-state index contributed by atoms with van der Waals surface area (Å²) >= 11 is 0. The lowest BCUT2D eigenvalue weighted by Crippen LogP contribution is -2.69. The summed E-state index contributed by atoms with van der Waals surface area (Å²) in [5, 5.41) is 0. The van der Waals surface area contributed by atoms with Gasteiger partial charge in [0.1, 0.15) is 0 Å². The van der Waals surface area contributed by atoms with E-state index in [0.29, 0.717) is 0 Å². The first kappa shape index (κ1) is 19.2. The highest BCUT2D eigenvalue weighted by molar-refractivity contribution is 4.17. The van der Waals surface area contributed by atoms with Crippen molar-refractivity contribution in [1.29, 1.82) is 0 Å². The van der Waals surface area contributed by atoms with E-state index in [1.54, 1.807) is 0 Å². The Hall–Kier alpha value is -0.800. The van der Waals surface area contributed by atoms with Gasteiger partial charge in [0.2, 0.25) is 0 Å². The largest absolute Gasteiger partial charge is 0.257 e. The van der Waals surface area contributed by atoms with Crippen molar-refractivity contribution in [3.8, 4) is 0 Å². The number of hydrogen-bond acceptors (Lipinski definition) is 20. The smallest absolute Gasteiger partial charge is 0.164 e. The van der Waals surface area contributed by atoms with Gasteiger partial charge in [0.25, 0.3) is 0 Å². The molecular formula is H22N20. The first-order chi connectivity index (χ1) is 9.91.